The number of guanidine groups is 1. The average molecular weight is 221 g/mol. The number of hydrogen-bond acceptors (Lipinski definition) is 3. The third-order valence-electron chi connectivity index (χ3n) is 1.86. The van der Waals surface area contributed by atoms with Gasteiger partial charge in [-0.25, -0.2) is 5.84 Å². The molecule has 0 unspecified atom stereocenters. The Bertz CT molecular complexity index is 402. The zero-order chi connectivity index (χ0) is 12.0. The highest BCUT2D eigenvalue weighted by Crippen LogP contribution is 2.09. The molecule has 16 heavy (non-hydrogen) atoms. The molecule has 6 N–H and O–H groups in total. The quantitative estimate of drug-likeness (QED) is 0.250. The van der Waals surface area contributed by atoms with Gasteiger partial charge < -0.3 is 11.1 Å². The first-order valence-electron chi connectivity index (χ1n) is 4.85. The minimum absolute atomic E-state index is 0.429. The summed E-state index contributed by atoms with van der Waals surface area (Å²) in [6, 6.07) is 6.78. The molecule has 0 atom stereocenters. The molecule has 6 nitrogen and oxygen atoms in total. The molecule has 0 radical (unpaired) electrons. The fourth-order valence-corrected chi connectivity index (χ4v) is 1.17. The highest BCUT2D eigenvalue weighted by Gasteiger charge is 2.02. The number of anilines is 1. The zero-order valence-electron chi connectivity index (χ0n) is 9.03. The number of amides is 1. The Morgan fingerprint density at radius 1 is 1.50 bits per heavy atom. The van der Waals surface area contributed by atoms with Crippen molar-refractivity contribution in [2.45, 2.75) is 6.92 Å². The molecule has 0 aliphatic carbocycles. The number of hydrazine groups is 1. The van der Waals surface area contributed by atoms with E-state index in [1.54, 1.807) is 24.3 Å². The van der Waals surface area contributed by atoms with Crippen LogP contribution in [0.4, 0.5) is 5.69 Å². The van der Waals surface area contributed by atoms with E-state index in [4.69, 9.17) is 11.6 Å². The summed E-state index contributed by atoms with van der Waals surface area (Å²) in [4.78, 5) is 15.0. The topological polar surface area (TPSA) is 106 Å². The van der Waals surface area contributed by atoms with Crippen LogP contribution < -0.4 is 22.3 Å². The Morgan fingerprint density at radius 3 is 2.81 bits per heavy atom. The van der Waals surface area contributed by atoms with Gasteiger partial charge in [-0.15, -0.1) is 0 Å². The van der Waals surface area contributed by atoms with Crippen molar-refractivity contribution in [2.24, 2.45) is 16.6 Å². The molecule has 0 fully saturated rings. The molecular formula is C10H15N5O. The van der Waals surface area contributed by atoms with Crippen molar-refractivity contribution < 1.29 is 4.79 Å². The first kappa shape index (κ1) is 12.0. The fourth-order valence-electron chi connectivity index (χ4n) is 1.17. The minimum Gasteiger partial charge on any atom is -0.366 e. The molecule has 1 rings (SSSR count). The second-order valence-corrected chi connectivity index (χ2v) is 3.04. The van der Waals surface area contributed by atoms with E-state index in [0.29, 0.717) is 23.8 Å². The van der Waals surface area contributed by atoms with E-state index in [0.717, 1.165) is 0 Å². The smallest absolute Gasteiger partial charge is 0.248 e. The van der Waals surface area contributed by atoms with E-state index in [9.17, 15) is 4.79 Å². The number of nitrogens with one attached hydrogen (secondary N) is 2. The summed E-state index contributed by atoms with van der Waals surface area (Å²) in [5, 5.41) is 2.93. The van der Waals surface area contributed by atoms with Crippen molar-refractivity contribution in [3.63, 3.8) is 0 Å². The van der Waals surface area contributed by atoms with Crippen LogP contribution in [0.15, 0.2) is 29.3 Å². The van der Waals surface area contributed by atoms with Gasteiger partial charge in [-0.1, -0.05) is 6.07 Å². The van der Waals surface area contributed by atoms with Crippen molar-refractivity contribution in [1.29, 1.82) is 0 Å². The number of nitrogens with zero attached hydrogens (tertiary/aromatic N) is 1. The summed E-state index contributed by atoms with van der Waals surface area (Å²) in [6.45, 7) is 2.49. The summed E-state index contributed by atoms with van der Waals surface area (Å²) in [5.74, 6) is 5.23. The second-order valence-electron chi connectivity index (χ2n) is 3.04. The van der Waals surface area contributed by atoms with Crippen molar-refractivity contribution in [1.82, 2.24) is 5.43 Å². The zero-order valence-corrected chi connectivity index (χ0v) is 9.03. The predicted octanol–water partition coefficient (Wildman–Crippen LogP) is 0.0366. The molecule has 0 spiro atoms. The number of benzene rings is 1. The summed E-state index contributed by atoms with van der Waals surface area (Å²) >= 11 is 0. The second kappa shape index (κ2) is 5.72. The summed E-state index contributed by atoms with van der Waals surface area (Å²) in [5.41, 5.74) is 8.71. The first-order chi connectivity index (χ1) is 7.67. The number of carbonyl (C=O) groups is 1. The highest BCUT2D eigenvalue weighted by molar-refractivity contribution is 5.97. The molecule has 0 heterocycles. The third kappa shape index (κ3) is 3.25. The van der Waals surface area contributed by atoms with E-state index >= 15 is 0 Å². The summed E-state index contributed by atoms with van der Waals surface area (Å²) in [6.07, 6.45) is 0. The lowest BCUT2D eigenvalue weighted by Crippen LogP contribution is -2.36. The number of aliphatic imine (C=N–C) groups is 1. The van der Waals surface area contributed by atoms with Crippen molar-refractivity contribution in [3.05, 3.63) is 29.8 Å². The Kier molecular flexibility index (Phi) is 4.28. The molecule has 1 amide bonds. The monoisotopic (exact) mass is 221 g/mol. The lowest BCUT2D eigenvalue weighted by atomic mass is 10.2. The van der Waals surface area contributed by atoms with Gasteiger partial charge in [0.05, 0.1) is 0 Å². The van der Waals surface area contributed by atoms with Crippen molar-refractivity contribution in [2.75, 3.05) is 11.9 Å². The molecule has 6 heteroatoms. The third-order valence-corrected chi connectivity index (χ3v) is 1.86. The molecule has 0 bridgehead atoms. The maximum absolute atomic E-state index is 11.0. The Hall–Kier alpha value is -2.08. The fraction of sp³-hybridized carbons (Fsp3) is 0.200. The summed E-state index contributed by atoms with van der Waals surface area (Å²) in [7, 11) is 0. The van der Waals surface area contributed by atoms with Crippen LogP contribution in [0.2, 0.25) is 0 Å². The van der Waals surface area contributed by atoms with Gasteiger partial charge in [0, 0.05) is 17.8 Å². The minimum atomic E-state index is -0.474. The molecule has 0 aliphatic heterocycles. The number of carbonyl (C=O) groups excluding carboxylic acids is 1. The van der Waals surface area contributed by atoms with Crippen LogP contribution in [0, 0.1) is 0 Å². The van der Waals surface area contributed by atoms with Gasteiger partial charge in [-0.2, -0.15) is 0 Å². The van der Waals surface area contributed by atoms with Crippen LogP contribution in [0.25, 0.3) is 0 Å². The van der Waals surface area contributed by atoms with Crippen LogP contribution in [0.1, 0.15) is 17.3 Å². The number of rotatable bonds is 3. The maximum atomic E-state index is 11.0. The van der Waals surface area contributed by atoms with Gasteiger partial charge >= 0.3 is 0 Å². The standard InChI is InChI=1S/C10H15N5O/c1-2-13-10(15-12)14-8-5-3-4-7(6-8)9(11)16/h3-6H,2,12H2,1H3,(H2,11,16)(H2,13,14,15). The van der Waals surface area contributed by atoms with Gasteiger partial charge in [0.2, 0.25) is 11.9 Å². The van der Waals surface area contributed by atoms with Gasteiger partial charge in [-0.3, -0.25) is 15.2 Å². The van der Waals surface area contributed by atoms with E-state index in [-0.39, 0.29) is 0 Å². The SMILES string of the molecule is CCN=C(NN)Nc1cccc(C(N)=O)c1. The van der Waals surface area contributed by atoms with E-state index in [2.05, 4.69) is 15.7 Å². The predicted molar refractivity (Wildman–Crippen MR) is 63.9 cm³/mol. The summed E-state index contributed by atoms with van der Waals surface area (Å²) < 4.78 is 0. The lowest BCUT2D eigenvalue weighted by Gasteiger charge is -2.09. The number of primary amides is 1. The number of hydrogen-bond donors (Lipinski definition) is 4. The van der Waals surface area contributed by atoms with E-state index < -0.39 is 5.91 Å². The Balaban J connectivity index is 2.84. The van der Waals surface area contributed by atoms with Crippen LogP contribution in [-0.2, 0) is 0 Å². The molecule has 0 saturated carbocycles. The van der Waals surface area contributed by atoms with Crippen LogP contribution >= 0.6 is 0 Å². The lowest BCUT2D eigenvalue weighted by molar-refractivity contribution is 0.100. The first-order valence-corrected chi connectivity index (χ1v) is 4.85. The molecule has 86 valence electrons. The van der Waals surface area contributed by atoms with E-state index in [1.807, 2.05) is 6.92 Å². The van der Waals surface area contributed by atoms with Crippen LogP contribution in [0.3, 0.4) is 0 Å². The maximum Gasteiger partial charge on any atom is 0.248 e. The van der Waals surface area contributed by atoms with Crippen LogP contribution in [-0.4, -0.2) is 18.4 Å². The van der Waals surface area contributed by atoms with Crippen molar-refractivity contribution in [3.8, 4) is 0 Å². The molecular weight excluding hydrogens is 206 g/mol. The van der Waals surface area contributed by atoms with Gasteiger partial charge in [0.15, 0.2) is 0 Å². The molecule has 0 saturated heterocycles. The van der Waals surface area contributed by atoms with Gasteiger partial charge in [0.1, 0.15) is 0 Å². The normalized spacial score (nSPS) is 11.0. The highest BCUT2D eigenvalue weighted by atomic mass is 16.1. The Labute approximate surface area is 93.7 Å². The van der Waals surface area contributed by atoms with Gasteiger partial charge in [0.25, 0.3) is 0 Å². The van der Waals surface area contributed by atoms with Crippen LogP contribution in [0.5, 0.6) is 0 Å². The molecule has 1 aromatic carbocycles. The molecule has 1 aromatic rings. The number of nitrogens with two attached hydrogens (primary N) is 2. The van der Waals surface area contributed by atoms with E-state index in [1.165, 1.54) is 0 Å². The average Bonchev–Trinajstić information content (AvgIpc) is 2.29. The largest absolute Gasteiger partial charge is 0.366 e. The molecule has 0 aliphatic rings. The molecule has 0 aromatic heterocycles. The Morgan fingerprint density at radius 2 is 2.25 bits per heavy atom. The van der Waals surface area contributed by atoms with Gasteiger partial charge in [-0.05, 0) is 25.1 Å². The van der Waals surface area contributed by atoms with Crippen molar-refractivity contribution >= 4 is 17.6 Å².